The van der Waals surface area contributed by atoms with E-state index in [-0.39, 0.29) is 11.5 Å². The van der Waals surface area contributed by atoms with E-state index in [1.807, 2.05) is 43.6 Å². The minimum Gasteiger partial charge on any atom is -0.375 e. The van der Waals surface area contributed by atoms with Crippen molar-refractivity contribution in [1.29, 1.82) is 0 Å². The largest absolute Gasteiger partial charge is 0.375 e. The summed E-state index contributed by atoms with van der Waals surface area (Å²) in [6.45, 7) is 1.76. The van der Waals surface area contributed by atoms with Crippen LogP contribution in [-0.4, -0.2) is 20.5 Å². The summed E-state index contributed by atoms with van der Waals surface area (Å²) in [5, 5.41) is 18.9. The number of aromatic nitrogens is 2. The Morgan fingerprint density at radius 1 is 1.23 bits per heavy atom. The maximum Gasteiger partial charge on any atom is 0.293 e. The Balaban J connectivity index is 1.88. The lowest BCUT2D eigenvalue weighted by Crippen LogP contribution is -2.04. The first-order valence-electron chi connectivity index (χ1n) is 8.07. The molecule has 0 aliphatic heterocycles. The van der Waals surface area contributed by atoms with Crippen molar-refractivity contribution in [3.63, 3.8) is 0 Å². The second-order valence-corrected chi connectivity index (χ2v) is 5.94. The number of nitrogens with zero attached hydrogens (tertiary/aromatic N) is 3. The zero-order valence-electron chi connectivity index (χ0n) is 14.5. The molecule has 1 aromatic heterocycles. The van der Waals surface area contributed by atoms with Crippen LogP contribution in [0.5, 0.6) is 0 Å². The number of carbonyl (C=O) groups excluding carboxylic acids is 1. The number of Topliss-reactive ketones (excluding diaryl/α,β-unsaturated/α-hetero) is 1. The highest BCUT2D eigenvalue weighted by Crippen LogP contribution is 2.28. The van der Waals surface area contributed by atoms with Crippen LogP contribution in [0, 0.1) is 10.1 Å². The van der Waals surface area contributed by atoms with E-state index in [4.69, 9.17) is 0 Å². The van der Waals surface area contributed by atoms with Crippen LogP contribution >= 0.6 is 0 Å². The van der Waals surface area contributed by atoms with Gasteiger partial charge in [0.2, 0.25) is 0 Å². The average Bonchev–Trinajstić information content (AvgIpc) is 3.01. The standard InChI is InChI=1S/C19H18N4O3/c1-13(24)15-8-9-17(18(10-15)23(25)26)20-11-16-12-22(2)21-19(16)14-6-4-3-5-7-14/h3-10,12,20H,11H2,1-2H3. The van der Waals surface area contributed by atoms with Crippen molar-refractivity contribution in [2.24, 2.45) is 7.05 Å². The minimum atomic E-state index is -0.490. The van der Waals surface area contributed by atoms with Gasteiger partial charge in [0, 0.05) is 42.5 Å². The molecule has 7 heteroatoms. The van der Waals surface area contributed by atoms with Crippen LogP contribution in [-0.2, 0) is 13.6 Å². The third-order valence-corrected chi connectivity index (χ3v) is 4.02. The molecule has 1 N–H and O–H groups in total. The fourth-order valence-electron chi connectivity index (χ4n) is 2.75. The first-order chi connectivity index (χ1) is 12.5. The van der Waals surface area contributed by atoms with E-state index >= 15 is 0 Å². The maximum atomic E-state index is 11.5. The van der Waals surface area contributed by atoms with Crippen LogP contribution in [0.2, 0.25) is 0 Å². The van der Waals surface area contributed by atoms with Crippen molar-refractivity contribution in [2.45, 2.75) is 13.5 Å². The number of anilines is 1. The molecule has 0 bridgehead atoms. The third kappa shape index (κ3) is 3.61. The molecule has 7 nitrogen and oxygen atoms in total. The van der Waals surface area contributed by atoms with E-state index < -0.39 is 4.92 Å². The molecule has 132 valence electrons. The first kappa shape index (κ1) is 17.3. The summed E-state index contributed by atoms with van der Waals surface area (Å²) < 4.78 is 1.71. The van der Waals surface area contributed by atoms with Crippen LogP contribution in [0.25, 0.3) is 11.3 Å². The average molecular weight is 350 g/mol. The number of benzene rings is 2. The van der Waals surface area contributed by atoms with Gasteiger partial charge in [-0.2, -0.15) is 5.10 Å². The molecule has 0 fully saturated rings. The summed E-state index contributed by atoms with van der Waals surface area (Å²) in [6.07, 6.45) is 1.88. The third-order valence-electron chi connectivity index (χ3n) is 4.02. The van der Waals surface area contributed by atoms with Gasteiger partial charge in [-0.05, 0) is 19.1 Å². The number of rotatable bonds is 6. The number of aryl methyl sites for hydroxylation is 1. The summed E-state index contributed by atoms with van der Waals surface area (Å²) in [7, 11) is 1.83. The fraction of sp³-hybridized carbons (Fsp3) is 0.158. The van der Waals surface area contributed by atoms with Gasteiger partial charge in [-0.15, -0.1) is 0 Å². The van der Waals surface area contributed by atoms with Gasteiger partial charge in [-0.1, -0.05) is 30.3 Å². The van der Waals surface area contributed by atoms with Gasteiger partial charge >= 0.3 is 0 Å². The van der Waals surface area contributed by atoms with Crippen molar-refractivity contribution in [3.8, 4) is 11.3 Å². The predicted molar refractivity (Wildman–Crippen MR) is 99.1 cm³/mol. The fourth-order valence-corrected chi connectivity index (χ4v) is 2.75. The Morgan fingerprint density at radius 2 is 1.96 bits per heavy atom. The predicted octanol–water partition coefficient (Wildman–Crippen LogP) is 3.81. The molecule has 0 radical (unpaired) electrons. The second kappa shape index (κ2) is 7.18. The van der Waals surface area contributed by atoms with Crippen molar-refractivity contribution >= 4 is 17.2 Å². The number of hydrogen-bond donors (Lipinski definition) is 1. The van der Waals surface area contributed by atoms with Gasteiger partial charge in [0.25, 0.3) is 5.69 Å². The molecule has 0 saturated carbocycles. The van der Waals surface area contributed by atoms with Crippen molar-refractivity contribution in [2.75, 3.05) is 5.32 Å². The topological polar surface area (TPSA) is 90.1 Å². The molecule has 0 spiro atoms. The summed E-state index contributed by atoms with van der Waals surface area (Å²) in [5.74, 6) is -0.210. The number of nitrogens with one attached hydrogen (secondary N) is 1. The van der Waals surface area contributed by atoms with Crippen LogP contribution in [0.1, 0.15) is 22.8 Å². The van der Waals surface area contributed by atoms with E-state index in [0.717, 1.165) is 16.8 Å². The highest BCUT2D eigenvalue weighted by molar-refractivity contribution is 5.95. The van der Waals surface area contributed by atoms with Gasteiger partial charge < -0.3 is 5.32 Å². The number of nitro groups is 1. The molecule has 3 rings (SSSR count). The maximum absolute atomic E-state index is 11.5. The Morgan fingerprint density at radius 3 is 2.62 bits per heavy atom. The van der Waals surface area contributed by atoms with E-state index in [2.05, 4.69) is 10.4 Å². The van der Waals surface area contributed by atoms with Crippen LogP contribution in [0.4, 0.5) is 11.4 Å². The second-order valence-electron chi connectivity index (χ2n) is 5.94. The van der Waals surface area contributed by atoms with Crippen LogP contribution in [0.3, 0.4) is 0 Å². The molecular formula is C19H18N4O3. The molecule has 0 atom stereocenters. The normalized spacial score (nSPS) is 10.5. The molecule has 0 amide bonds. The Hall–Kier alpha value is -3.48. The van der Waals surface area contributed by atoms with E-state index in [9.17, 15) is 14.9 Å². The lowest BCUT2D eigenvalue weighted by atomic mass is 10.1. The first-order valence-corrected chi connectivity index (χ1v) is 8.07. The zero-order valence-corrected chi connectivity index (χ0v) is 14.5. The lowest BCUT2D eigenvalue weighted by Gasteiger charge is -2.08. The highest BCUT2D eigenvalue weighted by atomic mass is 16.6. The lowest BCUT2D eigenvalue weighted by molar-refractivity contribution is -0.384. The molecule has 0 unspecified atom stereocenters. The van der Waals surface area contributed by atoms with E-state index in [1.54, 1.807) is 16.8 Å². The molecular weight excluding hydrogens is 332 g/mol. The van der Waals surface area contributed by atoms with Crippen molar-refractivity contribution < 1.29 is 9.72 Å². The monoisotopic (exact) mass is 350 g/mol. The molecule has 1 heterocycles. The Kier molecular flexibility index (Phi) is 4.79. The Bertz CT molecular complexity index is 964. The molecule has 0 aliphatic rings. The minimum absolute atomic E-state index is 0.122. The van der Waals surface area contributed by atoms with Gasteiger partial charge in [0.1, 0.15) is 5.69 Å². The zero-order chi connectivity index (χ0) is 18.7. The number of hydrogen-bond acceptors (Lipinski definition) is 5. The number of nitro benzene ring substituents is 1. The van der Waals surface area contributed by atoms with E-state index in [1.165, 1.54) is 13.0 Å². The van der Waals surface area contributed by atoms with Crippen LogP contribution in [0.15, 0.2) is 54.7 Å². The molecule has 0 saturated heterocycles. The van der Waals surface area contributed by atoms with Gasteiger partial charge in [-0.25, -0.2) is 0 Å². The molecule has 2 aromatic carbocycles. The summed E-state index contributed by atoms with van der Waals surface area (Å²) in [6, 6.07) is 14.2. The summed E-state index contributed by atoms with van der Waals surface area (Å²) >= 11 is 0. The van der Waals surface area contributed by atoms with Gasteiger partial charge in [-0.3, -0.25) is 19.6 Å². The molecule has 26 heavy (non-hydrogen) atoms. The van der Waals surface area contributed by atoms with Gasteiger partial charge in [0.15, 0.2) is 5.78 Å². The highest BCUT2D eigenvalue weighted by Gasteiger charge is 2.17. The molecule has 0 aliphatic carbocycles. The summed E-state index contributed by atoms with van der Waals surface area (Å²) in [4.78, 5) is 22.3. The smallest absolute Gasteiger partial charge is 0.293 e. The van der Waals surface area contributed by atoms with Crippen LogP contribution < -0.4 is 5.32 Å². The number of ketones is 1. The van der Waals surface area contributed by atoms with Gasteiger partial charge in [0.05, 0.1) is 10.6 Å². The SMILES string of the molecule is CC(=O)c1ccc(NCc2cn(C)nc2-c2ccccc2)c([N+](=O)[O-])c1. The van der Waals surface area contributed by atoms with Crippen molar-refractivity contribution in [3.05, 3.63) is 76.0 Å². The Labute approximate surface area is 150 Å². The summed E-state index contributed by atoms with van der Waals surface area (Å²) in [5.41, 5.74) is 3.28. The van der Waals surface area contributed by atoms with E-state index in [0.29, 0.717) is 17.8 Å². The number of carbonyl (C=O) groups is 1. The molecule has 3 aromatic rings. The quantitative estimate of drug-likeness (QED) is 0.415. The van der Waals surface area contributed by atoms with Crippen molar-refractivity contribution in [1.82, 2.24) is 9.78 Å².